The molecule has 1 atom stereocenters. The number of hydrogen-bond acceptors (Lipinski definition) is 4. The molecule has 3 heterocycles. The van der Waals surface area contributed by atoms with E-state index in [9.17, 15) is 0 Å². The van der Waals surface area contributed by atoms with Gasteiger partial charge in [0.25, 0.3) is 0 Å². The van der Waals surface area contributed by atoms with Crippen LogP contribution in [0.1, 0.15) is 24.2 Å². The third kappa shape index (κ3) is 2.45. The third-order valence-corrected chi connectivity index (χ3v) is 3.31. The molecule has 3 rings (SSSR count). The van der Waals surface area contributed by atoms with Gasteiger partial charge < -0.3 is 4.98 Å². The molecule has 0 fully saturated rings. The maximum Gasteiger partial charge on any atom is 0.159 e. The van der Waals surface area contributed by atoms with Crippen LogP contribution in [0, 0.1) is 6.92 Å². The second-order valence-electron chi connectivity index (χ2n) is 4.84. The highest BCUT2D eigenvalue weighted by atomic mass is 15.4. The molecular formula is C14H16N6. The van der Waals surface area contributed by atoms with Gasteiger partial charge in [0.2, 0.25) is 0 Å². The zero-order valence-electron chi connectivity index (χ0n) is 11.5. The lowest BCUT2D eigenvalue weighted by molar-refractivity contribution is 0.469. The van der Waals surface area contributed by atoms with Crippen LogP contribution in [0.5, 0.6) is 0 Å². The summed E-state index contributed by atoms with van der Waals surface area (Å²) in [6, 6.07) is 4.22. The van der Waals surface area contributed by atoms with Gasteiger partial charge in [-0.3, -0.25) is 4.98 Å². The monoisotopic (exact) mass is 268 g/mol. The third-order valence-electron chi connectivity index (χ3n) is 3.31. The molecular weight excluding hydrogens is 252 g/mol. The zero-order chi connectivity index (χ0) is 13.9. The summed E-state index contributed by atoms with van der Waals surface area (Å²) in [5.41, 5.74) is 3.04. The van der Waals surface area contributed by atoms with Crippen LogP contribution in [0.15, 0.2) is 36.9 Å². The van der Waals surface area contributed by atoms with Crippen molar-refractivity contribution < 1.29 is 0 Å². The summed E-state index contributed by atoms with van der Waals surface area (Å²) in [6.45, 7) is 4.18. The van der Waals surface area contributed by atoms with Crippen LogP contribution in [0.3, 0.4) is 0 Å². The van der Waals surface area contributed by atoms with E-state index in [1.54, 1.807) is 12.4 Å². The topological polar surface area (TPSA) is 72.3 Å². The van der Waals surface area contributed by atoms with Crippen molar-refractivity contribution in [1.29, 1.82) is 0 Å². The van der Waals surface area contributed by atoms with Crippen LogP contribution in [0.25, 0.3) is 11.5 Å². The molecule has 20 heavy (non-hydrogen) atoms. The Morgan fingerprint density at radius 3 is 2.95 bits per heavy atom. The number of aromatic nitrogens is 6. The highest BCUT2D eigenvalue weighted by Gasteiger charge is 2.12. The van der Waals surface area contributed by atoms with Crippen molar-refractivity contribution in [1.82, 2.24) is 29.9 Å². The Hall–Kier alpha value is -2.50. The minimum absolute atomic E-state index is 0.194. The molecule has 0 aliphatic rings. The number of hydrogen-bond donors (Lipinski definition) is 1. The Balaban J connectivity index is 1.78. The van der Waals surface area contributed by atoms with Gasteiger partial charge in [0.15, 0.2) is 5.82 Å². The van der Waals surface area contributed by atoms with Crippen LogP contribution >= 0.6 is 0 Å². The molecule has 0 bridgehead atoms. The normalized spacial score (nSPS) is 12.5. The SMILES string of the molecule is Cc1cccnc1CC(C)n1cc(-c2ncc[nH]2)nn1. The number of aryl methyl sites for hydroxylation is 1. The van der Waals surface area contributed by atoms with Gasteiger partial charge in [0, 0.05) is 30.7 Å². The second-order valence-corrected chi connectivity index (χ2v) is 4.84. The molecule has 0 amide bonds. The highest BCUT2D eigenvalue weighted by molar-refractivity contribution is 5.45. The van der Waals surface area contributed by atoms with E-state index < -0.39 is 0 Å². The maximum absolute atomic E-state index is 4.42. The lowest BCUT2D eigenvalue weighted by Gasteiger charge is -2.11. The van der Waals surface area contributed by atoms with E-state index in [4.69, 9.17) is 0 Å². The van der Waals surface area contributed by atoms with Crippen molar-refractivity contribution >= 4 is 0 Å². The average Bonchev–Trinajstić information content (AvgIpc) is 3.11. The summed E-state index contributed by atoms with van der Waals surface area (Å²) in [6.07, 6.45) is 8.03. The molecule has 0 radical (unpaired) electrons. The predicted octanol–water partition coefficient (Wildman–Crippen LogP) is 2.18. The number of aromatic amines is 1. The van der Waals surface area contributed by atoms with E-state index in [1.807, 2.05) is 23.1 Å². The standard InChI is InChI=1S/C14H16N6/c1-10-4-3-5-15-12(10)8-11(2)20-9-13(18-19-20)14-16-6-7-17-14/h3-7,9,11H,8H2,1-2H3,(H,16,17). The van der Waals surface area contributed by atoms with Gasteiger partial charge >= 0.3 is 0 Å². The molecule has 3 aromatic heterocycles. The highest BCUT2D eigenvalue weighted by Crippen LogP contribution is 2.17. The van der Waals surface area contributed by atoms with Gasteiger partial charge in [-0.05, 0) is 25.5 Å². The lowest BCUT2D eigenvalue weighted by atomic mass is 10.1. The van der Waals surface area contributed by atoms with Gasteiger partial charge in [-0.15, -0.1) is 5.10 Å². The van der Waals surface area contributed by atoms with Crippen molar-refractivity contribution in [3.8, 4) is 11.5 Å². The Morgan fingerprint density at radius 1 is 1.30 bits per heavy atom. The van der Waals surface area contributed by atoms with Crippen molar-refractivity contribution in [2.75, 3.05) is 0 Å². The fourth-order valence-corrected chi connectivity index (χ4v) is 2.11. The summed E-state index contributed by atoms with van der Waals surface area (Å²) >= 11 is 0. The minimum Gasteiger partial charge on any atom is -0.343 e. The number of nitrogens with zero attached hydrogens (tertiary/aromatic N) is 5. The van der Waals surface area contributed by atoms with Gasteiger partial charge in [-0.25, -0.2) is 9.67 Å². The van der Waals surface area contributed by atoms with Gasteiger partial charge in [-0.1, -0.05) is 11.3 Å². The molecule has 6 nitrogen and oxygen atoms in total. The molecule has 102 valence electrons. The quantitative estimate of drug-likeness (QED) is 0.787. The molecule has 1 N–H and O–H groups in total. The molecule has 3 aromatic rings. The smallest absolute Gasteiger partial charge is 0.159 e. The van der Waals surface area contributed by atoms with Crippen molar-refractivity contribution in [3.63, 3.8) is 0 Å². The van der Waals surface area contributed by atoms with Crippen molar-refractivity contribution in [2.45, 2.75) is 26.3 Å². The van der Waals surface area contributed by atoms with Gasteiger partial charge in [-0.2, -0.15) is 0 Å². The number of H-pyrrole nitrogens is 1. The molecule has 0 saturated heterocycles. The summed E-state index contributed by atoms with van der Waals surface area (Å²) in [4.78, 5) is 11.6. The summed E-state index contributed by atoms with van der Waals surface area (Å²) in [5, 5.41) is 8.32. The molecule has 0 aromatic carbocycles. The van der Waals surface area contributed by atoms with Crippen molar-refractivity contribution in [2.24, 2.45) is 0 Å². The molecule has 6 heteroatoms. The average molecular weight is 268 g/mol. The van der Waals surface area contributed by atoms with E-state index in [0.717, 1.165) is 23.6 Å². The van der Waals surface area contributed by atoms with Gasteiger partial charge in [0.05, 0.1) is 12.2 Å². The zero-order valence-corrected chi connectivity index (χ0v) is 11.5. The summed E-state index contributed by atoms with van der Waals surface area (Å²) in [7, 11) is 0. The lowest BCUT2D eigenvalue weighted by Crippen LogP contribution is -2.10. The van der Waals surface area contributed by atoms with E-state index >= 15 is 0 Å². The first kappa shape index (κ1) is 12.5. The molecule has 0 aliphatic heterocycles. The first-order valence-electron chi connectivity index (χ1n) is 6.56. The second kappa shape index (κ2) is 5.24. The van der Waals surface area contributed by atoms with E-state index in [1.165, 1.54) is 5.56 Å². The number of rotatable bonds is 4. The Bertz CT molecular complexity index is 685. The molecule has 0 saturated carbocycles. The fourth-order valence-electron chi connectivity index (χ4n) is 2.11. The van der Waals surface area contributed by atoms with Crippen LogP contribution < -0.4 is 0 Å². The Kier molecular flexibility index (Phi) is 3.28. The van der Waals surface area contributed by atoms with Crippen LogP contribution in [0.2, 0.25) is 0 Å². The largest absolute Gasteiger partial charge is 0.343 e. The van der Waals surface area contributed by atoms with E-state index in [0.29, 0.717) is 0 Å². The molecule has 1 unspecified atom stereocenters. The Labute approximate surface area is 116 Å². The van der Waals surface area contributed by atoms with E-state index in [2.05, 4.69) is 45.2 Å². The van der Waals surface area contributed by atoms with Crippen LogP contribution in [-0.2, 0) is 6.42 Å². The maximum atomic E-state index is 4.42. The molecule has 0 aliphatic carbocycles. The number of imidazole rings is 1. The minimum atomic E-state index is 0.194. The first-order chi connectivity index (χ1) is 9.74. The fraction of sp³-hybridized carbons (Fsp3) is 0.286. The number of pyridine rings is 1. The van der Waals surface area contributed by atoms with Crippen LogP contribution in [0.4, 0.5) is 0 Å². The van der Waals surface area contributed by atoms with Crippen molar-refractivity contribution in [3.05, 3.63) is 48.2 Å². The summed E-state index contributed by atoms with van der Waals surface area (Å²) < 4.78 is 1.85. The number of nitrogens with one attached hydrogen (secondary N) is 1. The first-order valence-corrected chi connectivity index (χ1v) is 6.56. The predicted molar refractivity (Wildman–Crippen MR) is 75.0 cm³/mol. The molecule has 0 spiro atoms. The van der Waals surface area contributed by atoms with E-state index in [-0.39, 0.29) is 6.04 Å². The van der Waals surface area contributed by atoms with Gasteiger partial charge in [0.1, 0.15) is 5.69 Å². The Morgan fingerprint density at radius 2 is 2.20 bits per heavy atom. The van der Waals surface area contributed by atoms with Crippen LogP contribution in [-0.4, -0.2) is 29.9 Å². The summed E-state index contributed by atoms with van der Waals surface area (Å²) in [5.74, 6) is 0.734.